The number of hydrogen-bond acceptors (Lipinski definition) is 1. The molecule has 0 unspecified atom stereocenters. The van der Waals surface area contributed by atoms with Crippen LogP contribution < -0.4 is 14.3 Å². The van der Waals surface area contributed by atoms with Gasteiger partial charge in [-0.25, -0.2) is 0 Å². The Balaban J connectivity index is 1.45. The van der Waals surface area contributed by atoms with Crippen molar-refractivity contribution in [3.05, 3.63) is 121 Å². The molecule has 0 saturated heterocycles. The summed E-state index contributed by atoms with van der Waals surface area (Å²) in [6, 6.07) is 44.0. The van der Waals surface area contributed by atoms with Crippen molar-refractivity contribution in [3.8, 4) is 0 Å². The van der Waals surface area contributed by atoms with Crippen LogP contribution in [0, 0.1) is 0 Å². The molecule has 0 atom stereocenters. The Labute approximate surface area is 194 Å². The van der Waals surface area contributed by atoms with Gasteiger partial charge in [0.1, 0.15) is 0 Å². The van der Waals surface area contributed by atoms with Crippen molar-refractivity contribution in [2.75, 3.05) is 6.61 Å². The molecule has 2 radical (unpaired) electrons. The molecule has 0 aliphatic heterocycles. The summed E-state index contributed by atoms with van der Waals surface area (Å²) >= 11 is -4.22. The van der Waals surface area contributed by atoms with Gasteiger partial charge in [0.2, 0.25) is 0 Å². The number of rotatable bonds is 9. The first-order chi connectivity index (χ1) is 14.9. The zero-order valence-corrected chi connectivity index (χ0v) is 22.8. The molecular formula is C27H26OSn2. The molecule has 0 amide bonds. The summed E-state index contributed by atoms with van der Waals surface area (Å²) in [6.45, 7) is 0.863. The Morgan fingerprint density at radius 1 is 0.467 bits per heavy atom. The van der Waals surface area contributed by atoms with E-state index in [0.717, 1.165) is 13.0 Å². The van der Waals surface area contributed by atoms with E-state index in [9.17, 15) is 0 Å². The maximum absolute atomic E-state index is 6.66. The summed E-state index contributed by atoms with van der Waals surface area (Å²) in [7, 11) is 0. The Hall–Kier alpha value is -1.56. The van der Waals surface area contributed by atoms with Gasteiger partial charge in [0.25, 0.3) is 0 Å². The molecule has 0 aliphatic carbocycles. The summed E-state index contributed by atoms with van der Waals surface area (Å²) < 4.78 is 13.9. The third-order valence-corrected chi connectivity index (χ3v) is 19.8. The summed E-state index contributed by atoms with van der Waals surface area (Å²) in [6.07, 6.45) is 1.14. The van der Waals surface area contributed by atoms with Gasteiger partial charge in [0.15, 0.2) is 0 Å². The van der Waals surface area contributed by atoms with Crippen molar-refractivity contribution in [3.63, 3.8) is 0 Å². The van der Waals surface area contributed by atoms with Crippen LogP contribution in [0.15, 0.2) is 121 Å². The topological polar surface area (TPSA) is 9.23 Å². The summed E-state index contributed by atoms with van der Waals surface area (Å²) in [5, 5.41) is 0. The van der Waals surface area contributed by atoms with Crippen LogP contribution >= 0.6 is 0 Å². The van der Waals surface area contributed by atoms with Crippen LogP contribution in [-0.2, 0) is 3.07 Å². The van der Waals surface area contributed by atoms with Crippen LogP contribution in [0.25, 0.3) is 0 Å². The minimum atomic E-state index is -2.32. The molecular weight excluding hydrogens is 578 g/mol. The van der Waals surface area contributed by atoms with Gasteiger partial charge in [-0.15, -0.1) is 0 Å². The second kappa shape index (κ2) is 11.7. The van der Waals surface area contributed by atoms with Crippen LogP contribution in [0.5, 0.6) is 0 Å². The summed E-state index contributed by atoms with van der Waals surface area (Å²) in [4.78, 5) is 0. The molecule has 0 spiro atoms. The Morgan fingerprint density at radius 3 is 1.23 bits per heavy atom. The van der Waals surface area contributed by atoms with E-state index in [4.69, 9.17) is 3.07 Å². The van der Waals surface area contributed by atoms with E-state index in [-0.39, 0.29) is 0 Å². The first-order valence-corrected chi connectivity index (χ1v) is 19.4. The third kappa shape index (κ3) is 5.99. The minimum absolute atomic E-state index is 0.863. The Bertz CT molecular complexity index is 828. The van der Waals surface area contributed by atoms with E-state index in [1.165, 1.54) is 11.6 Å². The molecule has 1 nitrogen and oxygen atoms in total. The first kappa shape index (κ1) is 21.7. The normalized spacial score (nSPS) is 11.1. The molecule has 0 aromatic heterocycles. The van der Waals surface area contributed by atoms with Gasteiger partial charge in [0, 0.05) is 0 Å². The van der Waals surface area contributed by atoms with Crippen molar-refractivity contribution < 1.29 is 3.07 Å². The van der Waals surface area contributed by atoms with Gasteiger partial charge in [-0.3, -0.25) is 0 Å². The van der Waals surface area contributed by atoms with Crippen LogP contribution in [0.2, 0.25) is 4.44 Å². The Kier molecular flexibility index (Phi) is 8.47. The molecule has 30 heavy (non-hydrogen) atoms. The molecule has 0 saturated carbocycles. The van der Waals surface area contributed by atoms with Crippen LogP contribution in [0.1, 0.15) is 6.42 Å². The first-order valence-electron chi connectivity index (χ1n) is 10.5. The van der Waals surface area contributed by atoms with Gasteiger partial charge in [-0.05, 0) is 0 Å². The van der Waals surface area contributed by atoms with Gasteiger partial charge < -0.3 is 0 Å². The average molecular weight is 604 g/mol. The summed E-state index contributed by atoms with van der Waals surface area (Å²) in [5.74, 6) is 0. The predicted octanol–water partition coefficient (Wildman–Crippen LogP) is 3.51. The van der Waals surface area contributed by atoms with Crippen molar-refractivity contribution in [1.29, 1.82) is 0 Å². The average Bonchev–Trinajstić information content (AvgIpc) is 2.84. The zero-order valence-electron chi connectivity index (χ0n) is 17.1. The van der Waals surface area contributed by atoms with Crippen molar-refractivity contribution >= 4 is 54.3 Å². The SMILES string of the molecule is c1cc[c]([Sn]([CH2]CC[O][Sn]([c]2ccccc2)[c]2ccccc2)[c]2ccccc2)cc1. The predicted molar refractivity (Wildman–Crippen MR) is 131 cm³/mol. The molecule has 4 aromatic rings. The maximum atomic E-state index is 6.66. The van der Waals surface area contributed by atoms with E-state index >= 15 is 0 Å². The van der Waals surface area contributed by atoms with Crippen molar-refractivity contribution in [2.24, 2.45) is 0 Å². The second-order valence-electron chi connectivity index (χ2n) is 7.22. The Morgan fingerprint density at radius 2 is 0.833 bits per heavy atom. The van der Waals surface area contributed by atoms with E-state index < -0.39 is 39.9 Å². The number of benzene rings is 4. The molecule has 0 bridgehead atoms. The van der Waals surface area contributed by atoms with Crippen molar-refractivity contribution in [2.45, 2.75) is 10.9 Å². The zero-order chi connectivity index (χ0) is 20.4. The number of hydrogen-bond donors (Lipinski definition) is 0. The fraction of sp³-hybridized carbons (Fsp3) is 0.111. The summed E-state index contributed by atoms with van der Waals surface area (Å²) in [5.41, 5.74) is 0. The van der Waals surface area contributed by atoms with Gasteiger partial charge in [-0.1, -0.05) is 0 Å². The van der Waals surface area contributed by atoms with Gasteiger partial charge in [0.05, 0.1) is 0 Å². The van der Waals surface area contributed by atoms with E-state index in [0.29, 0.717) is 0 Å². The molecule has 0 heterocycles. The van der Waals surface area contributed by atoms with E-state index in [2.05, 4.69) is 121 Å². The van der Waals surface area contributed by atoms with E-state index in [1.54, 1.807) is 7.16 Å². The molecule has 3 heteroatoms. The molecule has 0 fully saturated rings. The fourth-order valence-electron chi connectivity index (χ4n) is 3.67. The van der Waals surface area contributed by atoms with Crippen LogP contribution in [0.3, 0.4) is 0 Å². The second-order valence-corrected chi connectivity index (χ2v) is 20.7. The van der Waals surface area contributed by atoms with Gasteiger partial charge in [-0.2, -0.15) is 0 Å². The fourth-order valence-corrected chi connectivity index (χ4v) is 16.8. The molecule has 0 N–H and O–H groups in total. The molecule has 148 valence electrons. The molecule has 4 rings (SSSR count). The standard InChI is InChI=1S/4C6H5.C3H6O.2Sn/c4*1-2-4-6-5-3-1;1-2-3-4;;/h4*1-5H;1-3H2;;/q;;;;-1;;+1. The monoisotopic (exact) mass is 606 g/mol. The molecule has 4 aromatic carbocycles. The van der Waals surface area contributed by atoms with E-state index in [1.807, 2.05) is 0 Å². The quantitative estimate of drug-likeness (QED) is 0.210. The van der Waals surface area contributed by atoms with Crippen LogP contribution in [0.4, 0.5) is 0 Å². The van der Waals surface area contributed by atoms with Gasteiger partial charge >= 0.3 is 196 Å². The third-order valence-electron chi connectivity index (χ3n) is 5.13. The molecule has 0 aliphatic rings. The van der Waals surface area contributed by atoms with Crippen LogP contribution in [-0.4, -0.2) is 46.5 Å². The van der Waals surface area contributed by atoms with Crippen molar-refractivity contribution in [1.82, 2.24) is 0 Å².